The first kappa shape index (κ1) is 14.0. The molecule has 1 aromatic carbocycles. The minimum absolute atomic E-state index is 0.0673. The molecule has 1 aromatic heterocycles. The zero-order valence-corrected chi connectivity index (χ0v) is 12.6. The van der Waals surface area contributed by atoms with Gasteiger partial charge in [0.05, 0.1) is 18.8 Å². The van der Waals surface area contributed by atoms with Crippen molar-refractivity contribution < 1.29 is 9.84 Å². The van der Waals surface area contributed by atoms with Gasteiger partial charge in [-0.3, -0.25) is 4.90 Å². The number of hydrogen-bond donors (Lipinski definition) is 1. The number of morpholine rings is 1. The largest absolute Gasteiger partial charge is 0.390 e. The molecule has 1 N–H and O–H groups in total. The van der Waals surface area contributed by atoms with Gasteiger partial charge in [0.25, 0.3) is 0 Å². The van der Waals surface area contributed by atoms with E-state index in [2.05, 4.69) is 41.5 Å². The number of rotatable bonds is 4. The molecule has 2 aromatic rings. The summed E-state index contributed by atoms with van der Waals surface area (Å²) in [5.41, 5.74) is 1.23. The van der Waals surface area contributed by atoms with E-state index in [-0.39, 0.29) is 6.10 Å². The molecule has 108 valence electrons. The predicted molar refractivity (Wildman–Crippen MR) is 83.4 cm³/mol. The Kier molecular flexibility index (Phi) is 4.36. The zero-order chi connectivity index (χ0) is 13.9. The van der Waals surface area contributed by atoms with E-state index in [1.165, 1.54) is 15.6 Å². The summed E-state index contributed by atoms with van der Waals surface area (Å²) in [7, 11) is 0. The van der Waals surface area contributed by atoms with Crippen molar-refractivity contribution in [3.8, 4) is 0 Å². The molecule has 0 saturated carbocycles. The Hall–Kier alpha value is -0.940. The molecular weight excluding hydrogens is 270 g/mol. The second-order valence-electron chi connectivity index (χ2n) is 5.33. The third-order valence-electron chi connectivity index (χ3n) is 4.04. The molecule has 3 nitrogen and oxygen atoms in total. The van der Waals surface area contributed by atoms with Crippen LogP contribution in [0.2, 0.25) is 0 Å². The number of fused-ring (bicyclic) bond motifs is 1. The monoisotopic (exact) mass is 291 g/mol. The van der Waals surface area contributed by atoms with Gasteiger partial charge in [-0.15, -0.1) is 11.3 Å². The Balaban J connectivity index is 1.70. The number of aliphatic hydroxyl groups is 1. The van der Waals surface area contributed by atoms with Crippen molar-refractivity contribution in [2.45, 2.75) is 25.6 Å². The smallest absolute Gasteiger partial charge is 0.0964 e. The Morgan fingerprint density at radius 3 is 3.15 bits per heavy atom. The summed E-state index contributed by atoms with van der Waals surface area (Å²) in [4.78, 5) is 2.34. The van der Waals surface area contributed by atoms with Gasteiger partial charge in [0, 0.05) is 24.2 Å². The van der Waals surface area contributed by atoms with Crippen LogP contribution in [-0.4, -0.2) is 48.5 Å². The van der Waals surface area contributed by atoms with Crippen molar-refractivity contribution in [2.75, 3.05) is 26.2 Å². The van der Waals surface area contributed by atoms with Gasteiger partial charge in [-0.1, -0.05) is 25.1 Å². The fourth-order valence-electron chi connectivity index (χ4n) is 2.80. The number of hydrogen-bond acceptors (Lipinski definition) is 4. The predicted octanol–water partition coefficient (Wildman–Crippen LogP) is 2.53. The molecule has 4 heteroatoms. The molecule has 1 saturated heterocycles. The number of nitrogens with zero attached hydrogens (tertiary/aromatic N) is 1. The molecule has 0 bridgehead atoms. The van der Waals surface area contributed by atoms with Crippen LogP contribution < -0.4 is 0 Å². The number of aliphatic hydroxyl groups excluding tert-OH is 1. The summed E-state index contributed by atoms with van der Waals surface area (Å²) >= 11 is 1.75. The summed E-state index contributed by atoms with van der Waals surface area (Å²) in [6.45, 7) is 5.70. The van der Waals surface area contributed by atoms with Crippen molar-refractivity contribution in [2.24, 2.45) is 0 Å². The number of likely N-dealkylation sites (N-methyl/N-ethyl adjacent to an activating group) is 1. The van der Waals surface area contributed by atoms with Crippen LogP contribution in [-0.2, 0) is 11.2 Å². The Bertz CT molecular complexity index is 568. The molecule has 1 fully saturated rings. The summed E-state index contributed by atoms with van der Waals surface area (Å²) in [5.74, 6) is 0. The number of benzene rings is 1. The van der Waals surface area contributed by atoms with Crippen molar-refractivity contribution in [3.63, 3.8) is 0 Å². The van der Waals surface area contributed by atoms with E-state index in [1.54, 1.807) is 11.3 Å². The standard InChI is InChI=1S/C16H21NO2S/c1-2-17-7-8-19-15(10-17)14(18)9-12-11-20-16-6-4-3-5-13(12)16/h3-6,11,14-15,18H,2,7-10H2,1H3. The highest BCUT2D eigenvalue weighted by Gasteiger charge is 2.26. The number of ether oxygens (including phenoxy) is 1. The van der Waals surface area contributed by atoms with Crippen LogP contribution >= 0.6 is 11.3 Å². The molecule has 3 rings (SSSR count). The van der Waals surface area contributed by atoms with E-state index in [4.69, 9.17) is 4.74 Å². The van der Waals surface area contributed by atoms with E-state index in [0.29, 0.717) is 6.42 Å². The van der Waals surface area contributed by atoms with Crippen LogP contribution in [0.1, 0.15) is 12.5 Å². The van der Waals surface area contributed by atoms with E-state index in [0.717, 1.165) is 26.2 Å². The molecule has 0 amide bonds. The molecule has 0 radical (unpaired) electrons. The molecule has 1 aliphatic heterocycles. The van der Waals surface area contributed by atoms with Gasteiger partial charge in [0.15, 0.2) is 0 Å². The van der Waals surface area contributed by atoms with Gasteiger partial charge in [-0.25, -0.2) is 0 Å². The summed E-state index contributed by atoms with van der Waals surface area (Å²) in [6, 6.07) is 8.38. The van der Waals surface area contributed by atoms with E-state index in [1.807, 2.05) is 0 Å². The maximum Gasteiger partial charge on any atom is 0.0964 e. The Morgan fingerprint density at radius 1 is 1.45 bits per heavy atom. The second-order valence-corrected chi connectivity index (χ2v) is 6.24. The van der Waals surface area contributed by atoms with Crippen LogP contribution in [0.5, 0.6) is 0 Å². The van der Waals surface area contributed by atoms with Gasteiger partial charge >= 0.3 is 0 Å². The van der Waals surface area contributed by atoms with Gasteiger partial charge in [-0.2, -0.15) is 0 Å². The third-order valence-corrected chi connectivity index (χ3v) is 5.06. The first-order valence-corrected chi connectivity index (χ1v) is 8.13. The molecule has 1 aliphatic rings. The second kappa shape index (κ2) is 6.22. The van der Waals surface area contributed by atoms with Crippen LogP contribution in [0.25, 0.3) is 10.1 Å². The fourth-order valence-corrected chi connectivity index (χ4v) is 3.77. The van der Waals surface area contributed by atoms with Gasteiger partial charge in [0.1, 0.15) is 0 Å². The summed E-state index contributed by atoms with van der Waals surface area (Å²) < 4.78 is 7.03. The van der Waals surface area contributed by atoms with Crippen LogP contribution in [0.15, 0.2) is 29.6 Å². The first-order chi connectivity index (χ1) is 9.78. The maximum absolute atomic E-state index is 10.5. The van der Waals surface area contributed by atoms with Crippen LogP contribution in [0, 0.1) is 0 Å². The zero-order valence-electron chi connectivity index (χ0n) is 11.8. The lowest BCUT2D eigenvalue weighted by Crippen LogP contribution is -2.48. The van der Waals surface area contributed by atoms with Crippen LogP contribution in [0.4, 0.5) is 0 Å². The SMILES string of the molecule is CCN1CCOC(C(O)Cc2csc3ccccc23)C1. The van der Waals surface area contributed by atoms with E-state index < -0.39 is 6.10 Å². The molecule has 2 heterocycles. The average molecular weight is 291 g/mol. The quantitative estimate of drug-likeness (QED) is 0.939. The molecule has 2 atom stereocenters. The molecular formula is C16H21NO2S. The topological polar surface area (TPSA) is 32.7 Å². The first-order valence-electron chi connectivity index (χ1n) is 7.25. The minimum Gasteiger partial charge on any atom is -0.390 e. The highest BCUT2D eigenvalue weighted by molar-refractivity contribution is 7.17. The van der Waals surface area contributed by atoms with Crippen molar-refractivity contribution in [1.82, 2.24) is 4.90 Å². The van der Waals surface area contributed by atoms with Gasteiger partial charge < -0.3 is 9.84 Å². The molecule has 20 heavy (non-hydrogen) atoms. The Morgan fingerprint density at radius 2 is 2.30 bits per heavy atom. The molecule has 0 spiro atoms. The summed E-state index contributed by atoms with van der Waals surface area (Å²) in [6.07, 6.45) is 0.177. The molecule has 0 aliphatic carbocycles. The fraction of sp³-hybridized carbons (Fsp3) is 0.500. The lowest BCUT2D eigenvalue weighted by atomic mass is 10.0. The van der Waals surface area contributed by atoms with Crippen molar-refractivity contribution in [1.29, 1.82) is 0 Å². The number of thiophene rings is 1. The third kappa shape index (κ3) is 2.88. The minimum atomic E-state index is -0.428. The average Bonchev–Trinajstić information content (AvgIpc) is 2.90. The lowest BCUT2D eigenvalue weighted by molar-refractivity contribution is -0.0866. The molecule has 2 unspecified atom stereocenters. The van der Waals surface area contributed by atoms with Gasteiger partial charge in [-0.05, 0) is 28.9 Å². The van der Waals surface area contributed by atoms with Crippen LogP contribution in [0.3, 0.4) is 0 Å². The van der Waals surface area contributed by atoms with Gasteiger partial charge in [0.2, 0.25) is 0 Å². The maximum atomic E-state index is 10.5. The van der Waals surface area contributed by atoms with E-state index >= 15 is 0 Å². The normalized spacial score (nSPS) is 22.2. The summed E-state index contributed by atoms with van der Waals surface area (Å²) in [5, 5.41) is 13.9. The highest BCUT2D eigenvalue weighted by atomic mass is 32.1. The van der Waals surface area contributed by atoms with Crippen molar-refractivity contribution in [3.05, 3.63) is 35.2 Å². The van der Waals surface area contributed by atoms with Crippen molar-refractivity contribution >= 4 is 21.4 Å². The lowest BCUT2D eigenvalue weighted by Gasteiger charge is -2.34. The Labute approximate surface area is 123 Å². The van der Waals surface area contributed by atoms with E-state index in [9.17, 15) is 5.11 Å². The highest BCUT2D eigenvalue weighted by Crippen LogP contribution is 2.27.